The molecule has 0 aromatic heterocycles. The Bertz CT molecular complexity index is 1670. The lowest BCUT2D eigenvalue weighted by molar-refractivity contribution is -0.134. The molecule has 3 aromatic rings. The lowest BCUT2D eigenvalue weighted by Crippen LogP contribution is -2.47. The van der Waals surface area contributed by atoms with Gasteiger partial charge in [0.15, 0.2) is 23.5 Å². The van der Waals surface area contributed by atoms with Crippen LogP contribution in [-0.4, -0.2) is 60.5 Å². The Labute approximate surface area is 313 Å². The van der Waals surface area contributed by atoms with Gasteiger partial charge in [-0.15, -0.1) is 0 Å². The van der Waals surface area contributed by atoms with Crippen molar-refractivity contribution in [2.75, 3.05) is 13.1 Å². The van der Waals surface area contributed by atoms with E-state index in [4.69, 9.17) is 34.4 Å². The molecule has 13 N–H and O–H groups in total. The summed E-state index contributed by atoms with van der Waals surface area (Å²) in [6, 6.07) is 23.1. The van der Waals surface area contributed by atoms with Crippen molar-refractivity contribution in [2.24, 2.45) is 56.2 Å². The van der Waals surface area contributed by atoms with E-state index in [0.29, 0.717) is 19.3 Å². The molecule has 278 valence electrons. The minimum atomic E-state index is -1.01. The SMILES string of the molecule is NC(=O)[C@H](CCCN=C(N)N)CC(=O)[C@H](Cc1ccc(-c2ccccc2)cc1)NC(=O)[C@H](CCCN=C(N)N)CC(=O)[C@@H](N)Cc1ccc(Br)cc1. The van der Waals surface area contributed by atoms with Crippen molar-refractivity contribution in [1.29, 1.82) is 0 Å². The number of aliphatic imine (C=N–C) groups is 2. The van der Waals surface area contributed by atoms with Crippen LogP contribution in [0.5, 0.6) is 0 Å². The van der Waals surface area contributed by atoms with Gasteiger partial charge in [-0.05, 0) is 72.9 Å². The third-order valence-electron chi connectivity index (χ3n) is 8.67. The number of nitrogens with one attached hydrogen (secondary N) is 1. The second-order valence-corrected chi connectivity index (χ2v) is 13.7. The molecule has 2 amide bonds. The second kappa shape index (κ2) is 21.3. The molecule has 0 saturated heterocycles. The molecule has 3 rings (SSSR count). The highest BCUT2D eigenvalue weighted by molar-refractivity contribution is 9.10. The van der Waals surface area contributed by atoms with Crippen LogP contribution in [0.4, 0.5) is 0 Å². The molecule has 0 radical (unpaired) electrons. The lowest BCUT2D eigenvalue weighted by atomic mass is 9.89. The van der Waals surface area contributed by atoms with Gasteiger partial charge in [0.1, 0.15) is 0 Å². The van der Waals surface area contributed by atoms with E-state index in [1.807, 2.05) is 78.9 Å². The van der Waals surface area contributed by atoms with Crippen LogP contribution in [0.15, 0.2) is 93.3 Å². The maximum absolute atomic E-state index is 14.0. The standard InChI is InChI=1S/C38H50BrN9O4/c39-30-16-12-24(13-17-30)20-31(40)33(49)23-29(9-5-19-47-38(44)45)36(52)48-32(34(50)22-28(35(41)51)8-4-18-46-37(42)43)21-25-10-14-27(15-11-25)26-6-2-1-3-7-26/h1-3,6-7,10-17,28-29,31-32H,4-5,8-9,18-23,40H2,(H2,41,51)(H,48,52)(H4,42,43,46)(H4,44,45,47)/t28-,29-,31+,32+/m1/s1. The zero-order chi connectivity index (χ0) is 38.0. The largest absolute Gasteiger partial charge is 0.370 e. The zero-order valence-corrected chi connectivity index (χ0v) is 30.8. The summed E-state index contributed by atoms with van der Waals surface area (Å²) in [6.45, 7) is 0.523. The predicted octanol–water partition coefficient (Wildman–Crippen LogP) is 2.46. The molecule has 13 nitrogen and oxygen atoms in total. The first-order chi connectivity index (χ1) is 24.8. The summed E-state index contributed by atoms with van der Waals surface area (Å²) < 4.78 is 0.901. The number of nitrogens with zero attached hydrogens (tertiary/aromatic N) is 2. The molecule has 0 heterocycles. The van der Waals surface area contributed by atoms with Crippen molar-refractivity contribution in [3.05, 3.63) is 94.5 Å². The van der Waals surface area contributed by atoms with Gasteiger partial charge in [0.2, 0.25) is 11.8 Å². The van der Waals surface area contributed by atoms with E-state index in [-0.39, 0.29) is 68.7 Å². The van der Waals surface area contributed by atoms with Gasteiger partial charge in [-0.2, -0.15) is 0 Å². The van der Waals surface area contributed by atoms with Crippen LogP contribution in [0, 0.1) is 11.8 Å². The summed E-state index contributed by atoms with van der Waals surface area (Å²) in [4.78, 5) is 61.6. The Kier molecular flexibility index (Phi) is 17.0. The van der Waals surface area contributed by atoms with Crippen LogP contribution < -0.4 is 39.7 Å². The first kappa shape index (κ1) is 41.3. The lowest BCUT2D eigenvalue weighted by Gasteiger charge is -2.24. The number of halogens is 1. The van der Waals surface area contributed by atoms with E-state index in [1.165, 1.54) is 0 Å². The molecule has 0 aliphatic carbocycles. The Hall–Kier alpha value is -5.08. The average molecular weight is 777 g/mol. The second-order valence-electron chi connectivity index (χ2n) is 12.8. The number of primary amides is 1. The number of guanidine groups is 2. The maximum Gasteiger partial charge on any atom is 0.224 e. The maximum atomic E-state index is 14.0. The van der Waals surface area contributed by atoms with Crippen molar-refractivity contribution < 1.29 is 19.2 Å². The average Bonchev–Trinajstić information content (AvgIpc) is 3.11. The molecular weight excluding hydrogens is 726 g/mol. The quantitative estimate of drug-likeness (QED) is 0.0449. The van der Waals surface area contributed by atoms with Crippen molar-refractivity contribution in [3.63, 3.8) is 0 Å². The summed E-state index contributed by atoms with van der Waals surface area (Å²) in [6.07, 6.45) is 1.48. The van der Waals surface area contributed by atoms with Gasteiger partial charge >= 0.3 is 0 Å². The minimum Gasteiger partial charge on any atom is -0.370 e. The summed E-state index contributed by atoms with van der Waals surface area (Å²) in [7, 11) is 0. The highest BCUT2D eigenvalue weighted by atomic mass is 79.9. The fraction of sp³-hybridized carbons (Fsp3) is 0.368. The molecule has 0 fully saturated rings. The molecule has 52 heavy (non-hydrogen) atoms. The number of benzene rings is 3. The molecule has 0 bridgehead atoms. The molecule has 0 spiro atoms. The van der Waals surface area contributed by atoms with E-state index >= 15 is 0 Å². The Balaban J connectivity index is 1.84. The summed E-state index contributed by atoms with van der Waals surface area (Å²) in [5.74, 6) is -3.57. The smallest absolute Gasteiger partial charge is 0.224 e. The molecule has 0 aliphatic rings. The number of carbonyl (C=O) groups excluding carboxylic acids is 4. The monoisotopic (exact) mass is 775 g/mol. The normalized spacial score (nSPS) is 13.2. The topological polar surface area (TPSA) is 261 Å². The first-order valence-electron chi connectivity index (χ1n) is 17.2. The van der Waals surface area contributed by atoms with Crippen LogP contribution in [0.1, 0.15) is 49.7 Å². The Morgan fingerprint density at radius 1 is 0.635 bits per heavy atom. The number of amides is 2. The highest BCUT2D eigenvalue weighted by Crippen LogP contribution is 2.22. The fourth-order valence-corrected chi connectivity index (χ4v) is 6.03. The fourth-order valence-electron chi connectivity index (χ4n) is 5.76. The van der Waals surface area contributed by atoms with Crippen LogP contribution >= 0.6 is 15.9 Å². The number of Topliss-reactive ketones (excluding diaryl/α,β-unsaturated/α-hetero) is 2. The minimum absolute atomic E-state index is 0.0756. The molecule has 14 heteroatoms. The predicted molar refractivity (Wildman–Crippen MR) is 209 cm³/mol. The molecule has 3 aromatic carbocycles. The van der Waals surface area contributed by atoms with Gasteiger partial charge < -0.3 is 39.7 Å². The van der Waals surface area contributed by atoms with Crippen molar-refractivity contribution >= 4 is 51.2 Å². The molecule has 0 aliphatic heterocycles. The number of nitrogens with two attached hydrogens (primary N) is 6. The van der Waals surface area contributed by atoms with Gasteiger partial charge in [0.05, 0.1) is 12.1 Å². The summed E-state index contributed by atoms with van der Waals surface area (Å²) in [5.41, 5.74) is 37.5. The molecule has 0 unspecified atom stereocenters. The van der Waals surface area contributed by atoms with Gasteiger partial charge in [-0.3, -0.25) is 29.2 Å². The summed E-state index contributed by atoms with van der Waals surface area (Å²) >= 11 is 3.40. The number of ketones is 2. The van der Waals surface area contributed by atoms with E-state index in [9.17, 15) is 19.2 Å². The Morgan fingerprint density at radius 2 is 1.13 bits per heavy atom. The van der Waals surface area contributed by atoms with E-state index in [0.717, 1.165) is 26.7 Å². The van der Waals surface area contributed by atoms with Crippen LogP contribution in [0.2, 0.25) is 0 Å². The number of hydrogen-bond acceptors (Lipinski definition) is 7. The van der Waals surface area contributed by atoms with Crippen molar-refractivity contribution in [3.8, 4) is 11.1 Å². The van der Waals surface area contributed by atoms with Crippen LogP contribution in [0.3, 0.4) is 0 Å². The van der Waals surface area contributed by atoms with Crippen molar-refractivity contribution in [1.82, 2.24) is 5.32 Å². The van der Waals surface area contributed by atoms with Crippen molar-refractivity contribution in [2.45, 2.75) is 63.5 Å². The first-order valence-corrected chi connectivity index (χ1v) is 18.0. The van der Waals surface area contributed by atoms with E-state index < -0.39 is 35.7 Å². The molecule has 0 saturated carbocycles. The third kappa shape index (κ3) is 14.6. The van der Waals surface area contributed by atoms with Gasteiger partial charge in [-0.25, -0.2) is 0 Å². The zero-order valence-electron chi connectivity index (χ0n) is 29.3. The van der Waals surface area contributed by atoms with Crippen LogP contribution in [-0.2, 0) is 32.0 Å². The number of carbonyl (C=O) groups is 4. The third-order valence-corrected chi connectivity index (χ3v) is 9.20. The van der Waals surface area contributed by atoms with Gasteiger partial charge in [0, 0.05) is 42.2 Å². The van der Waals surface area contributed by atoms with Gasteiger partial charge in [-0.1, -0.05) is 82.7 Å². The van der Waals surface area contributed by atoms with E-state index in [1.54, 1.807) is 0 Å². The highest BCUT2D eigenvalue weighted by Gasteiger charge is 2.31. The summed E-state index contributed by atoms with van der Waals surface area (Å²) in [5, 5.41) is 2.91. The van der Waals surface area contributed by atoms with E-state index in [2.05, 4.69) is 31.2 Å². The number of hydrogen-bond donors (Lipinski definition) is 7. The molecule has 4 atom stereocenters. The Morgan fingerprint density at radius 3 is 1.69 bits per heavy atom. The van der Waals surface area contributed by atoms with Gasteiger partial charge in [0.25, 0.3) is 0 Å². The molecular formula is C38H50BrN9O4. The number of rotatable bonds is 22. The van der Waals surface area contributed by atoms with Crippen LogP contribution in [0.25, 0.3) is 11.1 Å².